The van der Waals surface area contributed by atoms with Crippen molar-refractivity contribution in [2.24, 2.45) is 0 Å². The van der Waals surface area contributed by atoms with Gasteiger partial charge in [0.15, 0.2) is 0 Å². The third-order valence-corrected chi connectivity index (χ3v) is 2.76. The summed E-state index contributed by atoms with van der Waals surface area (Å²) in [5, 5.41) is 3.36. The molecule has 1 aromatic carbocycles. The predicted molar refractivity (Wildman–Crippen MR) is 70.9 cm³/mol. The summed E-state index contributed by atoms with van der Waals surface area (Å²) in [6, 6.07) is 6.07. The Morgan fingerprint density at radius 1 is 1.41 bits per heavy atom. The highest BCUT2D eigenvalue weighted by Crippen LogP contribution is 2.16. The molecule has 2 rings (SSSR count). The van der Waals surface area contributed by atoms with Gasteiger partial charge < -0.3 is 15.6 Å². The van der Waals surface area contributed by atoms with Crippen LogP contribution in [-0.4, -0.2) is 16.1 Å². The van der Waals surface area contributed by atoms with Crippen molar-refractivity contribution in [2.75, 3.05) is 17.6 Å². The SMILES string of the molecule is Cc1ccc(NCCCn2ccnc2)cc1N. The van der Waals surface area contributed by atoms with Gasteiger partial charge >= 0.3 is 0 Å². The van der Waals surface area contributed by atoms with Gasteiger partial charge in [0.2, 0.25) is 0 Å². The molecule has 0 radical (unpaired) electrons. The number of benzene rings is 1. The zero-order valence-corrected chi connectivity index (χ0v) is 10.1. The van der Waals surface area contributed by atoms with Gasteiger partial charge in [0.1, 0.15) is 0 Å². The number of aromatic nitrogens is 2. The van der Waals surface area contributed by atoms with E-state index in [1.165, 1.54) is 0 Å². The van der Waals surface area contributed by atoms with Crippen molar-refractivity contribution >= 4 is 11.4 Å². The number of aryl methyl sites for hydroxylation is 2. The Kier molecular flexibility index (Phi) is 3.65. The number of rotatable bonds is 5. The van der Waals surface area contributed by atoms with E-state index in [2.05, 4.69) is 20.9 Å². The maximum absolute atomic E-state index is 5.85. The van der Waals surface area contributed by atoms with E-state index in [1.807, 2.05) is 31.6 Å². The van der Waals surface area contributed by atoms with E-state index in [0.29, 0.717) is 0 Å². The third kappa shape index (κ3) is 3.24. The van der Waals surface area contributed by atoms with Crippen molar-refractivity contribution in [3.05, 3.63) is 42.5 Å². The molecule has 3 N–H and O–H groups in total. The first-order chi connectivity index (χ1) is 8.25. The summed E-state index contributed by atoms with van der Waals surface area (Å²) in [4.78, 5) is 4.01. The topological polar surface area (TPSA) is 55.9 Å². The number of anilines is 2. The summed E-state index contributed by atoms with van der Waals surface area (Å²) >= 11 is 0. The van der Waals surface area contributed by atoms with Crippen LogP contribution in [0.1, 0.15) is 12.0 Å². The molecule has 0 saturated heterocycles. The molecular weight excluding hydrogens is 212 g/mol. The molecule has 90 valence electrons. The number of nitrogens with zero attached hydrogens (tertiary/aromatic N) is 2. The number of hydrogen-bond donors (Lipinski definition) is 2. The van der Waals surface area contributed by atoms with Crippen LogP contribution in [0.5, 0.6) is 0 Å². The number of nitrogens with one attached hydrogen (secondary N) is 1. The zero-order valence-electron chi connectivity index (χ0n) is 10.1. The quantitative estimate of drug-likeness (QED) is 0.612. The standard InChI is InChI=1S/C13H18N4/c1-11-3-4-12(9-13(11)14)16-5-2-7-17-8-6-15-10-17/h3-4,6,8-10,16H,2,5,7,14H2,1H3. The Morgan fingerprint density at radius 2 is 2.29 bits per heavy atom. The van der Waals surface area contributed by atoms with E-state index >= 15 is 0 Å². The van der Waals surface area contributed by atoms with Gasteiger partial charge in [-0.2, -0.15) is 0 Å². The van der Waals surface area contributed by atoms with Crippen LogP contribution in [0.15, 0.2) is 36.9 Å². The zero-order chi connectivity index (χ0) is 12.1. The minimum atomic E-state index is 0.838. The fraction of sp³-hybridized carbons (Fsp3) is 0.308. The first kappa shape index (κ1) is 11.5. The molecule has 0 amide bonds. The number of nitrogens with two attached hydrogens (primary N) is 1. The Hall–Kier alpha value is -1.97. The molecule has 1 aromatic heterocycles. The fourth-order valence-corrected chi connectivity index (χ4v) is 1.66. The summed E-state index contributed by atoms with van der Waals surface area (Å²) in [5.41, 5.74) is 8.89. The van der Waals surface area contributed by atoms with Crippen LogP contribution in [0.3, 0.4) is 0 Å². The predicted octanol–water partition coefficient (Wildman–Crippen LogP) is 2.28. The lowest BCUT2D eigenvalue weighted by Crippen LogP contribution is -2.06. The van der Waals surface area contributed by atoms with Gasteiger partial charge in [-0.3, -0.25) is 0 Å². The van der Waals surface area contributed by atoms with Gasteiger partial charge in [-0.15, -0.1) is 0 Å². The first-order valence-corrected chi connectivity index (χ1v) is 5.81. The minimum absolute atomic E-state index is 0.838. The van der Waals surface area contributed by atoms with Crippen LogP contribution in [0.2, 0.25) is 0 Å². The lowest BCUT2D eigenvalue weighted by atomic mass is 10.2. The molecule has 0 aliphatic heterocycles. The highest BCUT2D eigenvalue weighted by molar-refractivity contribution is 5.58. The van der Waals surface area contributed by atoms with E-state index < -0.39 is 0 Å². The van der Waals surface area contributed by atoms with Gasteiger partial charge in [0, 0.05) is 36.9 Å². The average Bonchev–Trinajstić information content (AvgIpc) is 2.82. The van der Waals surface area contributed by atoms with Gasteiger partial charge in [0.25, 0.3) is 0 Å². The summed E-state index contributed by atoms with van der Waals surface area (Å²) in [5.74, 6) is 0. The highest BCUT2D eigenvalue weighted by atomic mass is 15.0. The van der Waals surface area contributed by atoms with Crippen LogP contribution in [0.25, 0.3) is 0 Å². The summed E-state index contributed by atoms with van der Waals surface area (Å²) in [6.07, 6.45) is 6.67. The molecule has 0 bridgehead atoms. The van der Waals surface area contributed by atoms with Crippen molar-refractivity contribution in [1.29, 1.82) is 0 Å². The van der Waals surface area contributed by atoms with E-state index in [0.717, 1.165) is 36.4 Å². The Balaban J connectivity index is 1.76. The van der Waals surface area contributed by atoms with Crippen molar-refractivity contribution < 1.29 is 0 Å². The molecule has 4 heteroatoms. The molecule has 17 heavy (non-hydrogen) atoms. The van der Waals surface area contributed by atoms with E-state index in [1.54, 1.807) is 6.20 Å². The molecule has 0 aliphatic carbocycles. The molecule has 4 nitrogen and oxygen atoms in total. The smallest absolute Gasteiger partial charge is 0.0945 e. The van der Waals surface area contributed by atoms with Crippen molar-refractivity contribution in [1.82, 2.24) is 9.55 Å². The number of imidazole rings is 1. The van der Waals surface area contributed by atoms with Crippen molar-refractivity contribution in [3.8, 4) is 0 Å². The van der Waals surface area contributed by atoms with E-state index in [9.17, 15) is 0 Å². The summed E-state index contributed by atoms with van der Waals surface area (Å²) < 4.78 is 2.07. The van der Waals surface area contributed by atoms with E-state index in [4.69, 9.17) is 5.73 Å². The van der Waals surface area contributed by atoms with Gasteiger partial charge in [-0.25, -0.2) is 4.98 Å². The molecule has 2 aromatic rings. The molecule has 0 saturated carbocycles. The largest absolute Gasteiger partial charge is 0.398 e. The van der Waals surface area contributed by atoms with Gasteiger partial charge in [-0.05, 0) is 31.0 Å². The van der Waals surface area contributed by atoms with Gasteiger partial charge in [-0.1, -0.05) is 6.07 Å². The second-order valence-corrected chi connectivity index (χ2v) is 4.15. The second-order valence-electron chi connectivity index (χ2n) is 4.15. The molecule has 1 heterocycles. The van der Waals surface area contributed by atoms with E-state index in [-0.39, 0.29) is 0 Å². The summed E-state index contributed by atoms with van der Waals surface area (Å²) in [6.45, 7) is 3.92. The molecule has 0 fully saturated rings. The van der Waals surface area contributed by atoms with Crippen LogP contribution < -0.4 is 11.1 Å². The van der Waals surface area contributed by atoms with Crippen molar-refractivity contribution in [3.63, 3.8) is 0 Å². The second kappa shape index (κ2) is 5.39. The summed E-state index contributed by atoms with van der Waals surface area (Å²) in [7, 11) is 0. The highest BCUT2D eigenvalue weighted by Gasteiger charge is 1.96. The molecule has 0 unspecified atom stereocenters. The normalized spacial score (nSPS) is 10.4. The lowest BCUT2D eigenvalue weighted by molar-refractivity contribution is 0.661. The molecule has 0 spiro atoms. The average molecular weight is 230 g/mol. The monoisotopic (exact) mass is 230 g/mol. The fourth-order valence-electron chi connectivity index (χ4n) is 1.66. The van der Waals surface area contributed by atoms with Crippen molar-refractivity contribution in [2.45, 2.75) is 19.9 Å². The maximum Gasteiger partial charge on any atom is 0.0945 e. The number of nitrogen functional groups attached to an aromatic ring is 1. The first-order valence-electron chi connectivity index (χ1n) is 5.81. The Labute approximate surface area is 101 Å². The Bertz CT molecular complexity index is 462. The minimum Gasteiger partial charge on any atom is -0.398 e. The maximum atomic E-state index is 5.85. The van der Waals surface area contributed by atoms with Crippen LogP contribution in [0.4, 0.5) is 11.4 Å². The van der Waals surface area contributed by atoms with Crippen LogP contribution >= 0.6 is 0 Å². The molecule has 0 atom stereocenters. The lowest BCUT2D eigenvalue weighted by Gasteiger charge is -2.08. The number of hydrogen-bond acceptors (Lipinski definition) is 3. The Morgan fingerprint density at radius 3 is 3.00 bits per heavy atom. The molecule has 0 aliphatic rings. The molecular formula is C13H18N4. The third-order valence-electron chi connectivity index (χ3n) is 2.76. The van der Waals surface area contributed by atoms with Crippen LogP contribution in [-0.2, 0) is 6.54 Å². The van der Waals surface area contributed by atoms with Gasteiger partial charge in [0.05, 0.1) is 6.33 Å². The van der Waals surface area contributed by atoms with Crippen LogP contribution in [0, 0.1) is 6.92 Å².